The summed E-state index contributed by atoms with van der Waals surface area (Å²) in [5.41, 5.74) is 1.18. The van der Waals surface area contributed by atoms with Crippen molar-refractivity contribution in [3.05, 3.63) is 40.4 Å². The SMILES string of the molecule is COCCNCc1ccc(OCc2ncnn2C)c(Br)c1. The van der Waals surface area contributed by atoms with Gasteiger partial charge in [-0.05, 0) is 33.6 Å². The van der Waals surface area contributed by atoms with Crippen LogP contribution in [0.15, 0.2) is 29.0 Å². The number of hydrogen-bond acceptors (Lipinski definition) is 5. The zero-order chi connectivity index (χ0) is 15.1. The Kier molecular flexibility index (Phi) is 6.16. The van der Waals surface area contributed by atoms with Gasteiger partial charge in [0.05, 0.1) is 11.1 Å². The predicted octanol–water partition coefficient (Wildman–Crippen LogP) is 1.89. The molecule has 1 aromatic heterocycles. The first-order chi connectivity index (χ1) is 10.2. The van der Waals surface area contributed by atoms with Crippen LogP contribution in [0, 0.1) is 0 Å². The van der Waals surface area contributed by atoms with E-state index < -0.39 is 0 Å². The van der Waals surface area contributed by atoms with Gasteiger partial charge in [0.2, 0.25) is 0 Å². The molecule has 0 saturated carbocycles. The van der Waals surface area contributed by atoms with E-state index in [0.717, 1.165) is 29.1 Å². The molecule has 1 aromatic carbocycles. The maximum absolute atomic E-state index is 5.75. The highest BCUT2D eigenvalue weighted by molar-refractivity contribution is 9.10. The van der Waals surface area contributed by atoms with Crippen LogP contribution in [0.5, 0.6) is 5.75 Å². The van der Waals surface area contributed by atoms with E-state index in [1.807, 2.05) is 25.2 Å². The van der Waals surface area contributed by atoms with E-state index in [9.17, 15) is 0 Å². The lowest BCUT2D eigenvalue weighted by Crippen LogP contribution is -2.18. The molecule has 0 saturated heterocycles. The van der Waals surface area contributed by atoms with Gasteiger partial charge in [0, 0.05) is 27.2 Å². The van der Waals surface area contributed by atoms with Crippen molar-refractivity contribution in [2.45, 2.75) is 13.2 Å². The second-order valence-electron chi connectivity index (χ2n) is 4.52. The van der Waals surface area contributed by atoms with Crippen molar-refractivity contribution >= 4 is 15.9 Å². The number of aromatic nitrogens is 3. The molecule has 0 aliphatic rings. The molecule has 21 heavy (non-hydrogen) atoms. The second-order valence-corrected chi connectivity index (χ2v) is 5.38. The van der Waals surface area contributed by atoms with Gasteiger partial charge in [0.1, 0.15) is 18.7 Å². The third-order valence-corrected chi connectivity index (χ3v) is 3.59. The Balaban J connectivity index is 1.88. The van der Waals surface area contributed by atoms with Crippen molar-refractivity contribution in [3.63, 3.8) is 0 Å². The molecular formula is C14H19BrN4O2. The molecule has 2 rings (SSSR count). The summed E-state index contributed by atoms with van der Waals surface area (Å²) in [6, 6.07) is 6.04. The number of rotatable bonds is 8. The smallest absolute Gasteiger partial charge is 0.164 e. The molecule has 2 aromatic rings. The standard InChI is InChI=1S/C14H19BrN4O2/c1-19-14(17-10-18-19)9-21-13-4-3-11(7-12(13)15)8-16-5-6-20-2/h3-4,7,10,16H,5-6,8-9H2,1-2H3. The number of methoxy groups -OCH3 is 1. The maximum Gasteiger partial charge on any atom is 0.164 e. The van der Waals surface area contributed by atoms with Crippen LogP contribution < -0.4 is 10.1 Å². The van der Waals surface area contributed by atoms with Gasteiger partial charge in [-0.1, -0.05) is 6.07 Å². The number of halogens is 1. The van der Waals surface area contributed by atoms with E-state index in [2.05, 4.69) is 31.3 Å². The fraction of sp³-hybridized carbons (Fsp3) is 0.429. The highest BCUT2D eigenvalue weighted by atomic mass is 79.9. The quantitative estimate of drug-likeness (QED) is 0.733. The van der Waals surface area contributed by atoms with Crippen molar-refractivity contribution in [3.8, 4) is 5.75 Å². The average molecular weight is 355 g/mol. The van der Waals surface area contributed by atoms with Gasteiger partial charge in [0.15, 0.2) is 5.82 Å². The molecule has 0 radical (unpaired) electrons. The minimum Gasteiger partial charge on any atom is -0.484 e. The number of nitrogens with zero attached hydrogens (tertiary/aromatic N) is 3. The van der Waals surface area contributed by atoms with Crippen molar-refractivity contribution in [1.29, 1.82) is 0 Å². The third-order valence-electron chi connectivity index (χ3n) is 2.97. The van der Waals surface area contributed by atoms with E-state index in [-0.39, 0.29) is 0 Å². The molecule has 114 valence electrons. The summed E-state index contributed by atoms with van der Waals surface area (Å²) >= 11 is 3.53. The Labute approximate surface area is 132 Å². The summed E-state index contributed by atoms with van der Waals surface area (Å²) in [7, 11) is 3.54. The molecule has 0 spiro atoms. The fourth-order valence-electron chi connectivity index (χ4n) is 1.77. The first-order valence-corrected chi connectivity index (χ1v) is 7.43. The van der Waals surface area contributed by atoms with E-state index in [1.54, 1.807) is 11.8 Å². The van der Waals surface area contributed by atoms with Crippen molar-refractivity contribution in [2.75, 3.05) is 20.3 Å². The molecule has 0 atom stereocenters. The molecule has 0 aliphatic heterocycles. The maximum atomic E-state index is 5.75. The van der Waals surface area contributed by atoms with Crippen molar-refractivity contribution in [1.82, 2.24) is 20.1 Å². The summed E-state index contributed by atoms with van der Waals surface area (Å²) in [5, 5.41) is 7.31. The molecule has 6 nitrogen and oxygen atoms in total. The number of nitrogens with one attached hydrogen (secondary N) is 1. The molecule has 7 heteroatoms. The Morgan fingerprint density at radius 3 is 2.90 bits per heavy atom. The Morgan fingerprint density at radius 2 is 2.24 bits per heavy atom. The minimum absolute atomic E-state index is 0.389. The largest absolute Gasteiger partial charge is 0.484 e. The van der Waals surface area contributed by atoms with Crippen LogP contribution in [-0.2, 0) is 24.9 Å². The van der Waals surface area contributed by atoms with Crippen LogP contribution in [0.3, 0.4) is 0 Å². The van der Waals surface area contributed by atoms with Gasteiger partial charge in [0.25, 0.3) is 0 Å². The van der Waals surface area contributed by atoms with Crippen LogP contribution in [0.1, 0.15) is 11.4 Å². The van der Waals surface area contributed by atoms with Crippen LogP contribution in [0.2, 0.25) is 0 Å². The topological polar surface area (TPSA) is 61.2 Å². The zero-order valence-electron chi connectivity index (χ0n) is 12.2. The van der Waals surface area contributed by atoms with Crippen molar-refractivity contribution < 1.29 is 9.47 Å². The first kappa shape index (κ1) is 15.9. The molecule has 0 aliphatic carbocycles. The average Bonchev–Trinajstić information content (AvgIpc) is 2.88. The summed E-state index contributed by atoms with van der Waals surface area (Å²) < 4.78 is 13.4. The molecular weight excluding hydrogens is 336 g/mol. The lowest BCUT2D eigenvalue weighted by atomic mass is 10.2. The van der Waals surface area contributed by atoms with Gasteiger partial charge in [-0.2, -0.15) is 5.10 Å². The highest BCUT2D eigenvalue weighted by Crippen LogP contribution is 2.26. The number of hydrogen-bond donors (Lipinski definition) is 1. The third kappa shape index (κ3) is 4.80. The molecule has 0 bridgehead atoms. The normalized spacial score (nSPS) is 10.8. The molecule has 0 amide bonds. The van der Waals surface area contributed by atoms with Gasteiger partial charge in [-0.3, -0.25) is 4.68 Å². The minimum atomic E-state index is 0.389. The van der Waals surface area contributed by atoms with E-state index in [1.165, 1.54) is 11.9 Å². The summed E-state index contributed by atoms with van der Waals surface area (Å²) in [6.45, 7) is 2.73. The van der Waals surface area contributed by atoms with Gasteiger partial charge in [-0.25, -0.2) is 4.98 Å². The molecule has 1 heterocycles. The molecule has 1 N–H and O–H groups in total. The second kappa shape index (κ2) is 8.11. The fourth-order valence-corrected chi connectivity index (χ4v) is 2.31. The Hall–Kier alpha value is -1.44. The van der Waals surface area contributed by atoms with E-state index >= 15 is 0 Å². The van der Waals surface area contributed by atoms with Gasteiger partial charge < -0.3 is 14.8 Å². The van der Waals surface area contributed by atoms with Crippen LogP contribution in [0.25, 0.3) is 0 Å². The van der Waals surface area contributed by atoms with E-state index in [4.69, 9.17) is 9.47 Å². The summed E-state index contributed by atoms with van der Waals surface area (Å²) in [5.74, 6) is 1.57. The van der Waals surface area contributed by atoms with Crippen molar-refractivity contribution in [2.24, 2.45) is 7.05 Å². The number of benzene rings is 1. The summed E-state index contributed by atoms with van der Waals surface area (Å²) in [4.78, 5) is 4.13. The van der Waals surface area contributed by atoms with E-state index in [0.29, 0.717) is 13.2 Å². The van der Waals surface area contributed by atoms with Crippen LogP contribution in [0.4, 0.5) is 0 Å². The number of ether oxygens (including phenoxy) is 2. The van der Waals surface area contributed by atoms with Crippen LogP contribution in [-0.4, -0.2) is 35.0 Å². The number of aryl methyl sites for hydroxylation is 1. The van der Waals surface area contributed by atoms with Gasteiger partial charge in [-0.15, -0.1) is 0 Å². The van der Waals surface area contributed by atoms with Gasteiger partial charge >= 0.3 is 0 Å². The lowest BCUT2D eigenvalue weighted by molar-refractivity contribution is 0.199. The Bertz CT molecular complexity index is 574. The van der Waals surface area contributed by atoms with Crippen LogP contribution >= 0.6 is 15.9 Å². The Morgan fingerprint density at radius 1 is 1.38 bits per heavy atom. The predicted molar refractivity (Wildman–Crippen MR) is 83.1 cm³/mol. The monoisotopic (exact) mass is 354 g/mol. The summed E-state index contributed by atoms with van der Waals surface area (Å²) in [6.07, 6.45) is 1.52. The molecule has 0 unspecified atom stereocenters. The molecule has 0 fully saturated rings. The zero-order valence-corrected chi connectivity index (χ0v) is 13.8. The highest BCUT2D eigenvalue weighted by Gasteiger charge is 2.06. The lowest BCUT2D eigenvalue weighted by Gasteiger charge is -2.10. The first-order valence-electron chi connectivity index (χ1n) is 6.64.